The van der Waals surface area contributed by atoms with Gasteiger partial charge in [0, 0.05) is 10.6 Å². The Hall–Kier alpha value is -2.93. The summed E-state index contributed by atoms with van der Waals surface area (Å²) in [5.41, 5.74) is 2.01. The van der Waals surface area contributed by atoms with Crippen molar-refractivity contribution in [1.82, 2.24) is 25.5 Å². The fourth-order valence-corrected chi connectivity index (χ4v) is 2.33. The highest BCUT2D eigenvalue weighted by atomic mass is 35.5. The first kappa shape index (κ1) is 17.9. The number of hydrogen-bond donors (Lipinski definition) is 1. The fourth-order valence-electron chi connectivity index (χ4n) is 2.20. The Bertz CT molecular complexity index is 862. The number of nitrogens with one attached hydrogen (secondary N) is 1. The molecule has 0 atom stereocenters. The number of carbonyl (C=O) groups excluding carboxylic acids is 1. The molecule has 0 unspecified atom stereocenters. The molecule has 1 N–H and O–H groups in total. The van der Waals surface area contributed by atoms with Crippen LogP contribution in [-0.4, -0.2) is 39.3 Å². The Morgan fingerprint density at radius 1 is 1.15 bits per heavy atom. The summed E-state index contributed by atoms with van der Waals surface area (Å²) in [4.78, 5) is 13.2. The van der Waals surface area contributed by atoms with Crippen LogP contribution in [0.25, 0.3) is 11.4 Å². The van der Waals surface area contributed by atoms with Crippen LogP contribution < -0.4 is 10.1 Å². The summed E-state index contributed by atoms with van der Waals surface area (Å²) < 4.78 is 5.51. The Morgan fingerprint density at radius 2 is 1.88 bits per heavy atom. The van der Waals surface area contributed by atoms with E-state index in [1.54, 1.807) is 24.3 Å². The first-order valence-corrected chi connectivity index (χ1v) is 8.48. The highest BCUT2D eigenvalue weighted by molar-refractivity contribution is 6.30. The zero-order valence-corrected chi connectivity index (χ0v) is 15.0. The number of halogens is 1. The zero-order valence-electron chi connectivity index (χ0n) is 14.2. The van der Waals surface area contributed by atoms with Crippen molar-refractivity contribution in [2.45, 2.75) is 13.5 Å². The molecule has 1 amide bonds. The number of nitrogens with zero attached hydrogens (tertiary/aromatic N) is 4. The van der Waals surface area contributed by atoms with Gasteiger partial charge in [0.05, 0.1) is 6.54 Å². The molecule has 1 aromatic heterocycles. The Morgan fingerprint density at radius 3 is 2.62 bits per heavy atom. The number of carbonyl (C=O) groups is 1. The molecule has 8 heteroatoms. The molecular weight excluding hydrogens is 354 g/mol. The lowest BCUT2D eigenvalue weighted by Gasteiger charge is -2.07. The molecule has 0 fully saturated rings. The highest BCUT2D eigenvalue weighted by Gasteiger charge is 2.09. The average molecular weight is 372 g/mol. The topological polar surface area (TPSA) is 81.9 Å². The summed E-state index contributed by atoms with van der Waals surface area (Å²) in [6.07, 6.45) is 0. The van der Waals surface area contributed by atoms with E-state index in [1.165, 1.54) is 4.80 Å². The summed E-state index contributed by atoms with van der Waals surface area (Å²) in [7, 11) is 0. The second-order valence-corrected chi connectivity index (χ2v) is 6.10. The fraction of sp³-hybridized carbons (Fsp3) is 0.222. The van der Waals surface area contributed by atoms with Crippen molar-refractivity contribution < 1.29 is 9.53 Å². The molecule has 3 aromatic rings. The highest BCUT2D eigenvalue weighted by Crippen LogP contribution is 2.15. The molecule has 0 aliphatic carbocycles. The van der Waals surface area contributed by atoms with Gasteiger partial charge in [0.15, 0.2) is 0 Å². The zero-order chi connectivity index (χ0) is 18.4. The Kier molecular flexibility index (Phi) is 5.80. The van der Waals surface area contributed by atoms with Crippen molar-refractivity contribution >= 4 is 17.5 Å². The van der Waals surface area contributed by atoms with Crippen molar-refractivity contribution in [3.05, 3.63) is 59.1 Å². The van der Waals surface area contributed by atoms with Gasteiger partial charge in [-0.25, -0.2) is 0 Å². The Labute approximate surface area is 155 Å². The molecule has 1 heterocycles. The first-order chi connectivity index (χ1) is 12.6. The van der Waals surface area contributed by atoms with Gasteiger partial charge in [-0.05, 0) is 36.4 Å². The van der Waals surface area contributed by atoms with Crippen LogP contribution in [0.15, 0.2) is 48.5 Å². The molecule has 134 valence electrons. The largest absolute Gasteiger partial charge is 0.492 e. The van der Waals surface area contributed by atoms with E-state index in [4.69, 9.17) is 16.3 Å². The lowest BCUT2D eigenvalue weighted by Crippen LogP contribution is -2.31. The molecular formula is C18H18ClN5O2. The third-order valence-electron chi connectivity index (χ3n) is 3.55. The molecule has 0 spiro atoms. The molecule has 3 rings (SSSR count). The van der Waals surface area contributed by atoms with E-state index in [2.05, 4.69) is 20.7 Å². The van der Waals surface area contributed by atoms with Crippen LogP contribution >= 0.6 is 11.6 Å². The third-order valence-corrected chi connectivity index (χ3v) is 3.81. The van der Waals surface area contributed by atoms with Gasteiger partial charge in [0.2, 0.25) is 11.7 Å². The van der Waals surface area contributed by atoms with Crippen molar-refractivity contribution in [2.75, 3.05) is 13.2 Å². The van der Waals surface area contributed by atoms with Crippen LogP contribution in [0.1, 0.15) is 5.56 Å². The summed E-state index contributed by atoms with van der Waals surface area (Å²) in [6, 6.07) is 14.8. The van der Waals surface area contributed by atoms with Gasteiger partial charge < -0.3 is 10.1 Å². The summed E-state index contributed by atoms with van der Waals surface area (Å²) >= 11 is 5.81. The minimum Gasteiger partial charge on any atom is -0.492 e. The smallest absolute Gasteiger partial charge is 0.243 e. The predicted molar refractivity (Wildman–Crippen MR) is 97.9 cm³/mol. The van der Waals surface area contributed by atoms with E-state index in [0.29, 0.717) is 29.7 Å². The monoisotopic (exact) mass is 371 g/mol. The van der Waals surface area contributed by atoms with Crippen molar-refractivity contribution in [3.8, 4) is 17.1 Å². The van der Waals surface area contributed by atoms with Gasteiger partial charge in [0.25, 0.3) is 0 Å². The van der Waals surface area contributed by atoms with E-state index < -0.39 is 0 Å². The van der Waals surface area contributed by atoms with Gasteiger partial charge in [-0.15, -0.1) is 10.2 Å². The second kappa shape index (κ2) is 8.44. The minimum absolute atomic E-state index is 0.000192. The second-order valence-electron chi connectivity index (χ2n) is 5.66. The molecule has 0 saturated carbocycles. The maximum Gasteiger partial charge on any atom is 0.243 e. The normalized spacial score (nSPS) is 10.5. The van der Waals surface area contributed by atoms with Gasteiger partial charge in [-0.1, -0.05) is 41.4 Å². The standard InChI is InChI=1S/C18H18ClN5O2/c1-13-2-4-14(5-3-13)18-21-23-24(22-18)12-17(25)20-10-11-26-16-8-6-15(19)7-9-16/h2-9H,10-12H2,1H3,(H,20,25). The molecule has 7 nitrogen and oxygen atoms in total. The third kappa shape index (κ3) is 5.03. The Balaban J connectivity index is 1.43. The lowest BCUT2D eigenvalue weighted by molar-refractivity contribution is -0.122. The predicted octanol–water partition coefficient (Wildman–Crippen LogP) is 2.50. The summed E-state index contributed by atoms with van der Waals surface area (Å²) in [6.45, 7) is 2.74. The maximum absolute atomic E-state index is 11.9. The number of amides is 1. The number of rotatable bonds is 7. The molecule has 0 radical (unpaired) electrons. The average Bonchev–Trinajstić information content (AvgIpc) is 3.09. The van der Waals surface area contributed by atoms with Crippen molar-refractivity contribution in [2.24, 2.45) is 0 Å². The SMILES string of the molecule is Cc1ccc(-c2nnn(CC(=O)NCCOc3ccc(Cl)cc3)n2)cc1. The van der Waals surface area contributed by atoms with E-state index >= 15 is 0 Å². The van der Waals surface area contributed by atoms with E-state index in [1.807, 2.05) is 31.2 Å². The molecule has 0 bridgehead atoms. The van der Waals surface area contributed by atoms with Crippen LogP contribution in [0, 0.1) is 6.92 Å². The van der Waals surface area contributed by atoms with Crippen LogP contribution in [0.2, 0.25) is 5.02 Å². The quantitative estimate of drug-likeness (QED) is 0.645. The van der Waals surface area contributed by atoms with Crippen LogP contribution in [0.4, 0.5) is 0 Å². The van der Waals surface area contributed by atoms with E-state index in [0.717, 1.165) is 11.1 Å². The van der Waals surface area contributed by atoms with Gasteiger partial charge in [0.1, 0.15) is 18.9 Å². The number of hydrogen-bond acceptors (Lipinski definition) is 5. The van der Waals surface area contributed by atoms with Gasteiger partial charge in [-0.3, -0.25) is 4.79 Å². The molecule has 0 aliphatic heterocycles. The number of aryl methyl sites for hydroxylation is 1. The first-order valence-electron chi connectivity index (χ1n) is 8.10. The van der Waals surface area contributed by atoms with Crippen LogP contribution in [-0.2, 0) is 11.3 Å². The van der Waals surface area contributed by atoms with Crippen LogP contribution in [0.3, 0.4) is 0 Å². The molecule has 0 aliphatic rings. The number of tetrazole rings is 1. The van der Waals surface area contributed by atoms with Crippen molar-refractivity contribution in [3.63, 3.8) is 0 Å². The molecule has 2 aromatic carbocycles. The van der Waals surface area contributed by atoms with Crippen LogP contribution in [0.5, 0.6) is 5.75 Å². The van der Waals surface area contributed by atoms with Crippen molar-refractivity contribution in [1.29, 1.82) is 0 Å². The van der Waals surface area contributed by atoms with Gasteiger partial charge >= 0.3 is 0 Å². The molecule has 0 saturated heterocycles. The van der Waals surface area contributed by atoms with E-state index in [-0.39, 0.29) is 12.5 Å². The summed E-state index contributed by atoms with van der Waals surface area (Å²) in [5, 5.41) is 15.5. The number of ether oxygens (including phenoxy) is 1. The number of aromatic nitrogens is 4. The minimum atomic E-state index is -0.211. The van der Waals surface area contributed by atoms with Gasteiger partial charge in [-0.2, -0.15) is 4.80 Å². The summed E-state index contributed by atoms with van der Waals surface area (Å²) in [5.74, 6) is 0.978. The van der Waals surface area contributed by atoms with E-state index in [9.17, 15) is 4.79 Å². The lowest BCUT2D eigenvalue weighted by atomic mass is 10.1. The molecule has 26 heavy (non-hydrogen) atoms. The number of benzene rings is 2. The maximum atomic E-state index is 11.9.